The highest BCUT2D eigenvalue weighted by Crippen LogP contribution is 2.20. The molecule has 3 amide bonds. The molecule has 0 N–H and O–H groups in total. The number of piperazine rings is 1. The Balaban J connectivity index is 1.37. The van der Waals surface area contributed by atoms with E-state index in [0.29, 0.717) is 63.8 Å². The Bertz CT molecular complexity index is 740. The van der Waals surface area contributed by atoms with Crippen LogP contribution in [0.2, 0.25) is 0 Å². The highest BCUT2D eigenvalue weighted by Gasteiger charge is 2.29. The summed E-state index contributed by atoms with van der Waals surface area (Å²) in [5.74, 6) is 0.240. The molecule has 0 spiro atoms. The van der Waals surface area contributed by atoms with E-state index in [2.05, 4.69) is 0 Å². The van der Waals surface area contributed by atoms with Crippen molar-refractivity contribution in [2.75, 3.05) is 52.5 Å². The van der Waals surface area contributed by atoms with Gasteiger partial charge in [-0.05, 0) is 12.1 Å². The third-order valence-corrected chi connectivity index (χ3v) is 4.76. The molecule has 0 saturated carbocycles. The van der Waals surface area contributed by atoms with Crippen molar-refractivity contribution in [3.05, 3.63) is 36.1 Å². The fourth-order valence-electron chi connectivity index (χ4n) is 3.30. The first-order chi connectivity index (χ1) is 12.2. The normalized spacial score (nSPS) is 18.6. The van der Waals surface area contributed by atoms with Crippen molar-refractivity contribution in [2.24, 2.45) is 0 Å². The first-order valence-corrected chi connectivity index (χ1v) is 8.62. The molecule has 0 bridgehead atoms. The van der Waals surface area contributed by atoms with E-state index in [1.165, 1.54) is 0 Å². The van der Waals surface area contributed by atoms with E-state index in [1.807, 2.05) is 34.1 Å². The topological polar surface area (TPSA) is 66.2 Å². The number of ether oxygens (including phenoxy) is 1. The van der Waals surface area contributed by atoms with E-state index >= 15 is 0 Å². The van der Waals surface area contributed by atoms with Crippen LogP contribution in [0.5, 0.6) is 0 Å². The van der Waals surface area contributed by atoms with Crippen molar-refractivity contribution in [1.29, 1.82) is 0 Å². The maximum Gasteiger partial charge on any atom is 0.320 e. The molecule has 3 heterocycles. The second-order valence-corrected chi connectivity index (χ2v) is 6.31. The Kier molecular flexibility index (Phi) is 4.31. The van der Waals surface area contributed by atoms with Crippen LogP contribution in [0.15, 0.2) is 34.7 Å². The van der Waals surface area contributed by atoms with Crippen molar-refractivity contribution < 1.29 is 18.7 Å². The molecular weight excluding hydrogens is 322 g/mol. The van der Waals surface area contributed by atoms with Gasteiger partial charge in [0.1, 0.15) is 5.58 Å². The van der Waals surface area contributed by atoms with Crippen LogP contribution < -0.4 is 0 Å². The molecule has 132 valence electrons. The van der Waals surface area contributed by atoms with Gasteiger partial charge >= 0.3 is 6.03 Å². The Hall–Kier alpha value is -2.54. The van der Waals surface area contributed by atoms with Gasteiger partial charge in [0.2, 0.25) is 0 Å². The Morgan fingerprint density at radius 1 is 0.840 bits per heavy atom. The fourth-order valence-corrected chi connectivity index (χ4v) is 3.30. The van der Waals surface area contributed by atoms with E-state index in [0.717, 1.165) is 5.39 Å². The number of hydrogen-bond acceptors (Lipinski definition) is 4. The van der Waals surface area contributed by atoms with Crippen molar-refractivity contribution in [1.82, 2.24) is 14.7 Å². The van der Waals surface area contributed by atoms with Crippen LogP contribution in [-0.4, -0.2) is 79.1 Å². The molecule has 0 aliphatic carbocycles. The number of para-hydroxylation sites is 1. The van der Waals surface area contributed by atoms with Crippen LogP contribution in [0, 0.1) is 0 Å². The molecule has 2 aliphatic heterocycles. The standard InChI is InChI=1S/C18H21N3O4/c22-17(16-13-14-3-1-2-4-15(14)25-16)19-5-7-20(8-6-19)18(23)21-9-11-24-12-10-21/h1-4,13H,5-12H2. The molecule has 0 atom stereocenters. The van der Waals surface area contributed by atoms with Gasteiger partial charge in [0.25, 0.3) is 5.91 Å². The molecule has 2 aliphatic rings. The van der Waals surface area contributed by atoms with Gasteiger partial charge in [0, 0.05) is 44.7 Å². The Morgan fingerprint density at radius 2 is 1.48 bits per heavy atom. The summed E-state index contributed by atoms with van der Waals surface area (Å²) < 4.78 is 10.9. The molecule has 25 heavy (non-hydrogen) atoms. The lowest BCUT2D eigenvalue weighted by Crippen LogP contribution is -2.55. The van der Waals surface area contributed by atoms with Crippen LogP contribution in [0.25, 0.3) is 11.0 Å². The molecule has 2 saturated heterocycles. The molecule has 1 aromatic heterocycles. The largest absolute Gasteiger partial charge is 0.451 e. The van der Waals surface area contributed by atoms with E-state index in [-0.39, 0.29) is 11.9 Å². The number of fused-ring (bicyclic) bond motifs is 1. The second-order valence-electron chi connectivity index (χ2n) is 6.31. The predicted octanol–water partition coefficient (Wildman–Crippen LogP) is 1.64. The van der Waals surface area contributed by atoms with Crippen molar-refractivity contribution in [3.8, 4) is 0 Å². The number of carbonyl (C=O) groups excluding carboxylic acids is 2. The highest BCUT2D eigenvalue weighted by atomic mass is 16.5. The maximum atomic E-state index is 12.6. The van der Waals surface area contributed by atoms with Crippen molar-refractivity contribution in [2.45, 2.75) is 0 Å². The summed E-state index contributed by atoms with van der Waals surface area (Å²) in [6, 6.07) is 9.40. The summed E-state index contributed by atoms with van der Waals surface area (Å²) in [5, 5.41) is 0.923. The molecular formula is C18H21N3O4. The number of benzene rings is 1. The molecule has 1 aromatic carbocycles. The minimum absolute atomic E-state index is 0.0409. The van der Waals surface area contributed by atoms with E-state index in [9.17, 15) is 9.59 Å². The molecule has 4 rings (SSSR count). The van der Waals surface area contributed by atoms with Crippen LogP contribution in [-0.2, 0) is 4.74 Å². The molecule has 2 fully saturated rings. The third-order valence-electron chi connectivity index (χ3n) is 4.76. The van der Waals surface area contributed by atoms with Crippen molar-refractivity contribution in [3.63, 3.8) is 0 Å². The summed E-state index contributed by atoms with van der Waals surface area (Å²) in [6.07, 6.45) is 0. The van der Waals surface area contributed by atoms with Crippen LogP contribution >= 0.6 is 0 Å². The number of morpholine rings is 1. The summed E-state index contributed by atoms with van der Waals surface area (Å²) in [4.78, 5) is 30.5. The Morgan fingerprint density at radius 3 is 2.20 bits per heavy atom. The lowest BCUT2D eigenvalue weighted by atomic mass is 10.2. The fraction of sp³-hybridized carbons (Fsp3) is 0.444. The zero-order chi connectivity index (χ0) is 17.2. The number of carbonyl (C=O) groups is 2. The highest BCUT2D eigenvalue weighted by molar-refractivity contribution is 5.96. The lowest BCUT2D eigenvalue weighted by Gasteiger charge is -2.38. The Labute approximate surface area is 145 Å². The lowest BCUT2D eigenvalue weighted by molar-refractivity contribution is 0.0358. The van der Waals surface area contributed by atoms with Crippen LogP contribution in [0.1, 0.15) is 10.6 Å². The van der Waals surface area contributed by atoms with Gasteiger partial charge in [-0.1, -0.05) is 18.2 Å². The quantitative estimate of drug-likeness (QED) is 0.790. The summed E-state index contributed by atoms with van der Waals surface area (Å²) in [5.41, 5.74) is 0.715. The first kappa shape index (κ1) is 16.0. The molecule has 7 nitrogen and oxygen atoms in total. The van der Waals surface area contributed by atoms with Gasteiger partial charge in [-0.2, -0.15) is 0 Å². The average molecular weight is 343 g/mol. The number of furan rings is 1. The first-order valence-electron chi connectivity index (χ1n) is 8.62. The van der Waals surface area contributed by atoms with E-state index < -0.39 is 0 Å². The summed E-state index contributed by atoms with van der Waals surface area (Å²) >= 11 is 0. The predicted molar refractivity (Wildman–Crippen MR) is 91.5 cm³/mol. The van der Waals surface area contributed by atoms with Gasteiger partial charge in [-0.15, -0.1) is 0 Å². The molecule has 0 unspecified atom stereocenters. The van der Waals surface area contributed by atoms with E-state index in [1.54, 1.807) is 11.0 Å². The number of urea groups is 1. The minimum atomic E-state index is -0.116. The van der Waals surface area contributed by atoms with Crippen molar-refractivity contribution >= 4 is 22.9 Å². The SMILES string of the molecule is O=C(c1cc2ccccc2o1)N1CCN(C(=O)N2CCOCC2)CC1. The van der Waals surface area contributed by atoms with Gasteiger partial charge in [0.05, 0.1) is 13.2 Å². The number of nitrogens with zero attached hydrogens (tertiary/aromatic N) is 3. The third kappa shape index (κ3) is 3.19. The minimum Gasteiger partial charge on any atom is -0.451 e. The zero-order valence-electron chi connectivity index (χ0n) is 14.0. The van der Waals surface area contributed by atoms with Gasteiger partial charge in [0.15, 0.2) is 5.76 Å². The smallest absolute Gasteiger partial charge is 0.320 e. The number of amides is 3. The molecule has 2 aromatic rings. The van der Waals surface area contributed by atoms with Gasteiger partial charge in [-0.25, -0.2) is 4.79 Å². The van der Waals surface area contributed by atoms with Crippen LogP contribution in [0.4, 0.5) is 4.79 Å². The molecule has 0 radical (unpaired) electrons. The average Bonchev–Trinajstić information content (AvgIpc) is 3.12. The number of hydrogen-bond donors (Lipinski definition) is 0. The van der Waals surface area contributed by atoms with E-state index in [4.69, 9.17) is 9.15 Å². The van der Waals surface area contributed by atoms with Gasteiger partial charge in [-0.3, -0.25) is 4.79 Å². The summed E-state index contributed by atoms with van der Waals surface area (Å²) in [6.45, 7) is 4.59. The maximum absolute atomic E-state index is 12.6. The zero-order valence-corrected chi connectivity index (χ0v) is 14.0. The number of rotatable bonds is 1. The monoisotopic (exact) mass is 343 g/mol. The van der Waals surface area contributed by atoms with Gasteiger partial charge < -0.3 is 23.9 Å². The van der Waals surface area contributed by atoms with Crippen LogP contribution in [0.3, 0.4) is 0 Å². The second kappa shape index (κ2) is 6.76. The molecule has 7 heteroatoms. The summed E-state index contributed by atoms with van der Waals surface area (Å²) in [7, 11) is 0.